The SMILES string of the molecule is Cc1cc2[nH]c(=O)n(C3CCN(C4(C#N)CCOCC4)CC3)c2cc1S. The Hall–Kier alpha value is -1.75. The number of H-pyrrole nitrogens is 1. The molecule has 0 unspecified atom stereocenters. The van der Waals surface area contributed by atoms with Crippen LogP contribution in [0.15, 0.2) is 21.8 Å². The third-order valence-corrected chi connectivity index (χ3v) is 6.48. The van der Waals surface area contributed by atoms with Crippen LogP contribution in [0.1, 0.15) is 37.3 Å². The second-order valence-electron chi connectivity index (χ2n) is 7.43. The highest BCUT2D eigenvalue weighted by molar-refractivity contribution is 7.80. The van der Waals surface area contributed by atoms with Gasteiger partial charge in [0.05, 0.1) is 17.1 Å². The third-order valence-electron chi connectivity index (χ3n) is 6.00. The summed E-state index contributed by atoms with van der Waals surface area (Å²) >= 11 is 4.52. The number of benzene rings is 1. The van der Waals surface area contributed by atoms with Crippen LogP contribution in [0.3, 0.4) is 0 Å². The first kappa shape index (κ1) is 17.7. The molecule has 138 valence electrons. The first-order chi connectivity index (χ1) is 12.5. The third kappa shape index (κ3) is 2.86. The number of aromatic amines is 1. The topological polar surface area (TPSA) is 74.0 Å². The average molecular weight is 372 g/mol. The fourth-order valence-electron chi connectivity index (χ4n) is 4.39. The number of imidazole rings is 1. The average Bonchev–Trinajstić information content (AvgIpc) is 2.97. The van der Waals surface area contributed by atoms with Gasteiger partial charge in [0.1, 0.15) is 5.54 Å². The molecule has 2 saturated heterocycles. The van der Waals surface area contributed by atoms with Gasteiger partial charge in [0.2, 0.25) is 0 Å². The smallest absolute Gasteiger partial charge is 0.326 e. The van der Waals surface area contributed by atoms with Crippen molar-refractivity contribution in [3.63, 3.8) is 0 Å². The van der Waals surface area contributed by atoms with E-state index in [0.29, 0.717) is 13.2 Å². The summed E-state index contributed by atoms with van der Waals surface area (Å²) in [4.78, 5) is 18.7. The molecule has 0 amide bonds. The molecule has 2 aliphatic rings. The number of hydrogen-bond donors (Lipinski definition) is 2. The molecule has 2 fully saturated rings. The zero-order valence-corrected chi connectivity index (χ0v) is 15.9. The number of likely N-dealkylation sites (tertiary alicyclic amines) is 1. The molecule has 4 rings (SSSR count). The van der Waals surface area contributed by atoms with E-state index in [2.05, 4.69) is 28.6 Å². The highest BCUT2D eigenvalue weighted by Crippen LogP contribution is 2.34. The summed E-state index contributed by atoms with van der Waals surface area (Å²) in [5, 5.41) is 9.77. The fraction of sp³-hybridized carbons (Fsp3) is 0.579. The summed E-state index contributed by atoms with van der Waals surface area (Å²) in [6, 6.07) is 6.67. The molecule has 3 heterocycles. The first-order valence-corrected chi connectivity index (χ1v) is 9.67. The van der Waals surface area contributed by atoms with Crippen LogP contribution in [0.5, 0.6) is 0 Å². The van der Waals surface area contributed by atoms with Crippen molar-refractivity contribution in [3.8, 4) is 6.07 Å². The van der Waals surface area contributed by atoms with Gasteiger partial charge in [-0.15, -0.1) is 12.6 Å². The quantitative estimate of drug-likeness (QED) is 0.795. The van der Waals surface area contributed by atoms with Crippen LogP contribution in [0, 0.1) is 18.3 Å². The van der Waals surface area contributed by atoms with Crippen LogP contribution in [0.4, 0.5) is 0 Å². The van der Waals surface area contributed by atoms with Crippen molar-refractivity contribution in [1.29, 1.82) is 5.26 Å². The van der Waals surface area contributed by atoms with Gasteiger partial charge in [0.25, 0.3) is 0 Å². The molecule has 1 N–H and O–H groups in total. The number of aromatic nitrogens is 2. The summed E-state index contributed by atoms with van der Waals surface area (Å²) < 4.78 is 7.33. The minimum Gasteiger partial charge on any atom is -0.381 e. The molecule has 26 heavy (non-hydrogen) atoms. The Balaban J connectivity index is 1.58. The molecular weight excluding hydrogens is 348 g/mol. The van der Waals surface area contributed by atoms with Crippen LogP contribution in [0.2, 0.25) is 0 Å². The molecule has 2 aliphatic heterocycles. The second kappa shape index (κ2) is 6.76. The van der Waals surface area contributed by atoms with E-state index in [9.17, 15) is 10.1 Å². The number of rotatable bonds is 2. The lowest BCUT2D eigenvalue weighted by Gasteiger charge is -2.44. The standard InChI is InChI=1S/C19H24N4O2S/c1-13-10-15-16(11-17(13)26)23(18(24)21-15)14-2-6-22(7-3-14)19(12-20)4-8-25-9-5-19/h10-11,14,26H,2-9H2,1H3,(H,21,24). The zero-order valence-electron chi connectivity index (χ0n) is 15.0. The van der Waals surface area contributed by atoms with Crippen molar-refractivity contribution < 1.29 is 4.74 Å². The molecule has 0 bridgehead atoms. The molecule has 1 aromatic carbocycles. The lowest BCUT2D eigenvalue weighted by Crippen LogP contribution is -2.54. The molecule has 0 saturated carbocycles. The Bertz CT molecular complexity index is 912. The monoisotopic (exact) mass is 372 g/mol. The molecule has 1 aromatic heterocycles. The maximum atomic E-state index is 12.6. The number of piperidine rings is 1. The second-order valence-corrected chi connectivity index (χ2v) is 7.91. The molecular formula is C19H24N4O2S. The van der Waals surface area contributed by atoms with Gasteiger partial charge in [-0.1, -0.05) is 0 Å². The molecule has 0 atom stereocenters. The van der Waals surface area contributed by atoms with Crippen LogP contribution >= 0.6 is 12.6 Å². The van der Waals surface area contributed by atoms with Gasteiger partial charge in [0.15, 0.2) is 0 Å². The molecule has 0 spiro atoms. The predicted molar refractivity (Wildman–Crippen MR) is 103 cm³/mol. The van der Waals surface area contributed by atoms with Crippen molar-refractivity contribution >= 4 is 23.7 Å². The van der Waals surface area contributed by atoms with Crippen LogP contribution in [0.25, 0.3) is 11.0 Å². The van der Waals surface area contributed by atoms with Gasteiger partial charge in [-0.2, -0.15) is 5.26 Å². The van der Waals surface area contributed by atoms with Gasteiger partial charge in [-0.05, 0) is 37.5 Å². The van der Waals surface area contributed by atoms with Gasteiger partial charge < -0.3 is 9.72 Å². The van der Waals surface area contributed by atoms with Gasteiger partial charge in [-0.3, -0.25) is 9.47 Å². The first-order valence-electron chi connectivity index (χ1n) is 9.22. The minimum atomic E-state index is -0.399. The number of thiol groups is 1. The van der Waals surface area contributed by atoms with Crippen molar-refractivity contribution in [3.05, 3.63) is 28.2 Å². The van der Waals surface area contributed by atoms with E-state index in [-0.39, 0.29) is 11.7 Å². The Morgan fingerprint density at radius 1 is 1.31 bits per heavy atom. The van der Waals surface area contributed by atoms with Crippen LogP contribution < -0.4 is 5.69 Å². The Kier molecular flexibility index (Phi) is 4.59. The number of aryl methyl sites for hydroxylation is 1. The Morgan fingerprint density at radius 2 is 2.00 bits per heavy atom. The van der Waals surface area contributed by atoms with E-state index in [1.807, 2.05) is 23.6 Å². The number of ether oxygens (including phenoxy) is 1. The van der Waals surface area contributed by atoms with E-state index in [1.165, 1.54) is 0 Å². The van der Waals surface area contributed by atoms with Crippen LogP contribution in [-0.4, -0.2) is 46.3 Å². The van der Waals surface area contributed by atoms with Crippen molar-refractivity contribution in [2.24, 2.45) is 0 Å². The molecule has 7 heteroatoms. The van der Waals surface area contributed by atoms with Crippen molar-refractivity contribution in [2.75, 3.05) is 26.3 Å². The van der Waals surface area contributed by atoms with E-state index in [4.69, 9.17) is 4.74 Å². The van der Waals surface area contributed by atoms with E-state index in [1.54, 1.807) is 0 Å². The summed E-state index contributed by atoms with van der Waals surface area (Å²) in [5.41, 5.74) is 2.39. The van der Waals surface area contributed by atoms with Crippen molar-refractivity contribution in [2.45, 2.75) is 49.1 Å². The summed E-state index contributed by atoms with van der Waals surface area (Å²) in [6.45, 7) is 4.96. The highest BCUT2D eigenvalue weighted by atomic mass is 32.1. The zero-order chi connectivity index (χ0) is 18.3. The number of nitrogens with zero attached hydrogens (tertiary/aromatic N) is 3. The maximum Gasteiger partial charge on any atom is 0.326 e. The Morgan fingerprint density at radius 3 is 2.65 bits per heavy atom. The van der Waals surface area contributed by atoms with Gasteiger partial charge >= 0.3 is 5.69 Å². The normalized spacial score (nSPS) is 21.7. The van der Waals surface area contributed by atoms with E-state index >= 15 is 0 Å². The molecule has 0 aliphatic carbocycles. The summed E-state index contributed by atoms with van der Waals surface area (Å²) in [6.07, 6.45) is 3.27. The maximum absolute atomic E-state index is 12.6. The molecule has 2 aromatic rings. The Labute approximate surface area is 158 Å². The van der Waals surface area contributed by atoms with E-state index < -0.39 is 5.54 Å². The largest absolute Gasteiger partial charge is 0.381 e. The van der Waals surface area contributed by atoms with Gasteiger partial charge in [0, 0.05) is 50.1 Å². The lowest BCUT2D eigenvalue weighted by atomic mass is 9.87. The van der Waals surface area contributed by atoms with Gasteiger partial charge in [-0.25, -0.2) is 4.79 Å². The summed E-state index contributed by atoms with van der Waals surface area (Å²) in [7, 11) is 0. The summed E-state index contributed by atoms with van der Waals surface area (Å²) in [5.74, 6) is 0. The van der Waals surface area contributed by atoms with Crippen LogP contribution in [-0.2, 0) is 4.74 Å². The molecule has 0 radical (unpaired) electrons. The number of nitrogens with one attached hydrogen (secondary N) is 1. The van der Waals surface area contributed by atoms with E-state index in [0.717, 1.165) is 60.3 Å². The molecule has 6 nitrogen and oxygen atoms in total. The number of nitriles is 1. The highest BCUT2D eigenvalue weighted by Gasteiger charge is 2.40. The predicted octanol–water partition coefficient (Wildman–Crippen LogP) is 2.64. The lowest BCUT2D eigenvalue weighted by molar-refractivity contribution is -0.0119. The number of fused-ring (bicyclic) bond motifs is 1. The fourth-order valence-corrected chi connectivity index (χ4v) is 4.58. The number of hydrogen-bond acceptors (Lipinski definition) is 5. The minimum absolute atomic E-state index is 0.0575. The van der Waals surface area contributed by atoms with Crippen molar-refractivity contribution in [1.82, 2.24) is 14.5 Å².